The Morgan fingerprint density at radius 1 is 1.45 bits per heavy atom. The summed E-state index contributed by atoms with van der Waals surface area (Å²) in [5, 5.41) is 13.9. The Morgan fingerprint density at radius 2 is 2.23 bits per heavy atom. The first-order valence-corrected chi connectivity index (χ1v) is 8.81. The van der Waals surface area contributed by atoms with Gasteiger partial charge in [-0.1, -0.05) is 18.2 Å². The van der Waals surface area contributed by atoms with Gasteiger partial charge in [-0.05, 0) is 50.1 Å². The zero-order valence-electron chi connectivity index (χ0n) is 13.1. The molecule has 1 aliphatic rings. The molecule has 1 fully saturated rings. The fourth-order valence-electron chi connectivity index (χ4n) is 2.19. The molecule has 1 aliphatic carbocycles. The third-order valence-electron chi connectivity index (χ3n) is 3.73. The lowest BCUT2D eigenvalue weighted by atomic mass is 9.86. The molecule has 0 atom stereocenters. The highest BCUT2D eigenvalue weighted by Crippen LogP contribution is 2.31. The first-order valence-electron chi connectivity index (χ1n) is 7.58. The highest BCUT2D eigenvalue weighted by atomic mass is 32.2. The number of amides is 1. The topological polar surface area (TPSA) is 74.2 Å². The average Bonchev–Trinajstić information content (AvgIpc) is 2.47. The first kappa shape index (κ1) is 16.7. The second-order valence-corrected chi connectivity index (χ2v) is 6.15. The van der Waals surface area contributed by atoms with Crippen molar-refractivity contribution < 1.29 is 9.53 Å². The van der Waals surface area contributed by atoms with Crippen molar-refractivity contribution in [3.8, 4) is 5.75 Å². The van der Waals surface area contributed by atoms with Gasteiger partial charge >= 0.3 is 0 Å². The predicted octanol–water partition coefficient (Wildman–Crippen LogP) is 3.32. The molecule has 2 rings (SSSR count). The van der Waals surface area contributed by atoms with Crippen molar-refractivity contribution >= 4 is 28.5 Å². The van der Waals surface area contributed by atoms with Gasteiger partial charge in [0.15, 0.2) is 5.17 Å². The quantitative estimate of drug-likeness (QED) is 0.555. The number of hydrogen-bond donors (Lipinski definition) is 3. The molecule has 120 valence electrons. The van der Waals surface area contributed by atoms with Crippen LogP contribution in [0.5, 0.6) is 5.75 Å². The number of rotatable bonds is 6. The van der Waals surface area contributed by atoms with Gasteiger partial charge in [0.1, 0.15) is 5.75 Å². The van der Waals surface area contributed by atoms with Crippen LogP contribution in [-0.2, 0) is 0 Å². The van der Waals surface area contributed by atoms with Crippen LogP contribution in [0.15, 0.2) is 18.2 Å². The Bertz CT molecular complexity index is 544. The maximum Gasteiger partial charge on any atom is 0.251 e. The molecule has 5 nitrogen and oxygen atoms in total. The van der Waals surface area contributed by atoms with Crippen molar-refractivity contribution in [2.24, 2.45) is 5.92 Å². The average molecular weight is 321 g/mol. The molecule has 0 radical (unpaired) electrons. The number of carbonyl (C=O) groups is 1. The van der Waals surface area contributed by atoms with E-state index in [1.165, 1.54) is 31.0 Å². The summed E-state index contributed by atoms with van der Waals surface area (Å²) < 4.78 is 5.91. The number of thioether (sulfide) groups is 1. The van der Waals surface area contributed by atoms with Gasteiger partial charge in [-0.25, -0.2) is 0 Å². The second-order valence-electron chi connectivity index (χ2n) is 5.34. The monoisotopic (exact) mass is 321 g/mol. The zero-order valence-corrected chi connectivity index (χ0v) is 13.9. The van der Waals surface area contributed by atoms with Gasteiger partial charge in [0.25, 0.3) is 5.91 Å². The number of anilines is 1. The van der Waals surface area contributed by atoms with E-state index < -0.39 is 0 Å². The number of benzene rings is 1. The van der Waals surface area contributed by atoms with Crippen LogP contribution in [0.25, 0.3) is 0 Å². The van der Waals surface area contributed by atoms with Crippen LogP contribution in [0.4, 0.5) is 5.69 Å². The predicted molar refractivity (Wildman–Crippen MR) is 92.1 cm³/mol. The highest BCUT2D eigenvalue weighted by Gasteiger charge is 2.19. The molecule has 22 heavy (non-hydrogen) atoms. The Hall–Kier alpha value is -1.69. The number of ether oxygens (including phenoxy) is 1. The third kappa shape index (κ3) is 4.40. The van der Waals surface area contributed by atoms with Crippen LogP contribution in [0.2, 0.25) is 0 Å². The van der Waals surface area contributed by atoms with E-state index in [1.807, 2.05) is 13.2 Å². The normalized spacial score (nSPS) is 14.1. The van der Waals surface area contributed by atoms with Gasteiger partial charge in [0.2, 0.25) is 0 Å². The van der Waals surface area contributed by atoms with E-state index in [2.05, 4.69) is 10.6 Å². The van der Waals surface area contributed by atoms with Crippen molar-refractivity contribution in [1.82, 2.24) is 5.32 Å². The summed E-state index contributed by atoms with van der Waals surface area (Å²) in [6.07, 6.45) is 5.53. The van der Waals surface area contributed by atoms with E-state index in [0.717, 1.165) is 5.69 Å². The summed E-state index contributed by atoms with van der Waals surface area (Å²) in [6, 6.07) is 5.29. The molecule has 0 saturated heterocycles. The highest BCUT2D eigenvalue weighted by molar-refractivity contribution is 8.13. The SMILES string of the molecule is CCNC(=O)c1ccc(NC(=N)SC)c(OCC2CCC2)c1. The lowest BCUT2D eigenvalue weighted by Gasteiger charge is -2.26. The van der Waals surface area contributed by atoms with E-state index in [-0.39, 0.29) is 5.91 Å². The van der Waals surface area contributed by atoms with Crippen LogP contribution in [0.1, 0.15) is 36.5 Å². The molecule has 1 amide bonds. The van der Waals surface area contributed by atoms with E-state index in [1.54, 1.807) is 18.2 Å². The van der Waals surface area contributed by atoms with Gasteiger partial charge in [0, 0.05) is 12.1 Å². The Balaban J connectivity index is 2.15. The molecule has 3 N–H and O–H groups in total. The standard InChI is InChI=1S/C16H23N3O2S/c1-3-18-15(20)12-7-8-13(19-16(17)22-2)14(9-12)21-10-11-5-4-6-11/h7-9,11H,3-6,10H2,1-2H3,(H2,17,19)(H,18,20). The zero-order chi connectivity index (χ0) is 15.9. The van der Waals surface area contributed by atoms with Crippen molar-refractivity contribution in [2.45, 2.75) is 26.2 Å². The fourth-order valence-corrected chi connectivity index (χ4v) is 2.40. The van der Waals surface area contributed by atoms with Crippen molar-refractivity contribution in [1.29, 1.82) is 5.41 Å². The molecule has 0 bridgehead atoms. The molecule has 1 saturated carbocycles. The van der Waals surface area contributed by atoms with Crippen LogP contribution >= 0.6 is 11.8 Å². The molecule has 6 heteroatoms. The minimum atomic E-state index is -0.109. The lowest BCUT2D eigenvalue weighted by Crippen LogP contribution is -2.23. The summed E-state index contributed by atoms with van der Waals surface area (Å²) in [6.45, 7) is 3.15. The summed E-state index contributed by atoms with van der Waals surface area (Å²) in [5.74, 6) is 1.14. The number of nitrogens with one attached hydrogen (secondary N) is 3. The van der Waals surface area contributed by atoms with Gasteiger partial charge in [-0.15, -0.1) is 0 Å². The maximum atomic E-state index is 12.0. The number of hydrogen-bond acceptors (Lipinski definition) is 4. The first-order chi connectivity index (χ1) is 10.6. The van der Waals surface area contributed by atoms with Gasteiger partial charge < -0.3 is 15.4 Å². The minimum absolute atomic E-state index is 0.109. The minimum Gasteiger partial charge on any atom is -0.491 e. The Labute approximate surface area is 135 Å². The molecule has 0 unspecified atom stereocenters. The Morgan fingerprint density at radius 3 is 2.82 bits per heavy atom. The number of amidine groups is 1. The molecule has 0 spiro atoms. The van der Waals surface area contributed by atoms with E-state index >= 15 is 0 Å². The number of carbonyl (C=O) groups excluding carboxylic acids is 1. The smallest absolute Gasteiger partial charge is 0.251 e. The molecular formula is C16H23N3O2S. The van der Waals surface area contributed by atoms with Gasteiger partial charge in [-0.2, -0.15) is 0 Å². The van der Waals surface area contributed by atoms with Crippen LogP contribution in [0.3, 0.4) is 0 Å². The molecule has 0 aliphatic heterocycles. The molecular weight excluding hydrogens is 298 g/mol. The Kier molecular flexibility index (Phi) is 6.12. The third-order valence-corrected chi connectivity index (χ3v) is 4.24. The summed E-state index contributed by atoms with van der Waals surface area (Å²) in [7, 11) is 0. The summed E-state index contributed by atoms with van der Waals surface area (Å²) in [5.41, 5.74) is 1.30. The lowest BCUT2D eigenvalue weighted by molar-refractivity contribution is 0.0955. The summed E-state index contributed by atoms with van der Waals surface area (Å²) >= 11 is 1.32. The molecule has 1 aromatic carbocycles. The van der Waals surface area contributed by atoms with E-state index in [4.69, 9.17) is 10.1 Å². The van der Waals surface area contributed by atoms with Crippen LogP contribution in [0, 0.1) is 11.3 Å². The second kappa shape index (κ2) is 8.08. The van der Waals surface area contributed by atoms with Crippen molar-refractivity contribution in [3.63, 3.8) is 0 Å². The van der Waals surface area contributed by atoms with Gasteiger partial charge in [0.05, 0.1) is 12.3 Å². The van der Waals surface area contributed by atoms with Crippen molar-refractivity contribution in [3.05, 3.63) is 23.8 Å². The van der Waals surface area contributed by atoms with E-state index in [9.17, 15) is 4.79 Å². The molecule has 1 aromatic rings. The van der Waals surface area contributed by atoms with Gasteiger partial charge in [-0.3, -0.25) is 10.2 Å². The van der Waals surface area contributed by atoms with Crippen LogP contribution < -0.4 is 15.4 Å². The fraction of sp³-hybridized carbons (Fsp3) is 0.500. The van der Waals surface area contributed by atoms with Crippen LogP contribution in [-0.4, -0.2) is 30.5 Å². The summed E-state index contributed by atoms with van der Waals surface area (Å²) in [4.78, 5) is 12.0. The van der Waals surface area contributed by atoms with E-state index in [0.29, 0.717) is 35.6 Å². The maximum absolute atomic E-state index is 12.0. The van der Waals surface area contributed by atoms with Crippen molar-refractivity contribution in [2.75, 3.05) is 24.7 Å². The largest absolute Gasteiger partial charge is 0.491 e. The molecule has 0 heterocycles. The molecule has 0 aromatic heterocycles.